The van der Waals surface area contributed by atoms with E-state index in [1.54, 1.807) is 0 Å². The first-order valence-electron chi connectivity index (χ1n) is 4.78. The monoisotopic (exact) mass is 258 g/mol. The smallest absolute Gasteiger partial charge is 0.417 e. The first-order valence-corrected chi connectivity index (χ1v) is 4.78. The maximum absolute atomic E-state index is 12.7. The average Bonchev–Trinajstić information content (AvgIpc) is 2.34. The van der Waals surface area contributed by atoms with Crippen molar-refractivity contribution in [3.8, 4) is 6.07 Å². The third-order valence-electron chi connectivity index (χ3n) is 2.32. The van der Waals surface area contributed by atoms with Gasteiger partial charge in [0.25, 0.3) is 0 Å². The Bertz CT molecular complexity index is 518. The molecule has 0 heterocycles. The summed E-state index contributed by atoms with van der Waals surface area (Å²) in [4.78, 5) is 11.5. The Morgan fingerprint density at radius 3 is 2.50 bits per heavy atom. The predicted molar refractivity (Wildman–Crippen MR) is 55.4 cm³/mol. The molecule has 18 heavy (non-hydrogen) atoms. The van der Waals surface area contributed by atoms with Crippen LogP contribution in [0.4, 0.5) is 13.2 Å². The summed E-state index contributed by atoms with van der Waals surface area (Å²) in [5.41, 5.74) is 3.08. The molecule has 0 atom stereocenters. The van der Waals surface area contributed by atoms with Crippen LogP contribution in [0.15, 0.2) is 12.1 Å². The fourth-order valence-corrected chi connectivity index (χ4v) is 1.50. The topological polar surface area (TPSA) is 76.1 Å². The number of hydrogen-bond donors (Lipinski definition) is 1. The van der Waals surface area contributed by atoms with Crippen molar-refractivity contribution in [2.24, 2.45) is 5.73 Å². The summed E-state index contributed by atoms with van der Waals surface area (Å²) in [7, 11) is 1.02. The number of esters is 1. The minimum Gasteiger partial charge on any atom is -0.465 e. The number of methoxy groups -OCH3 is 1. The first-order chi connectivity index (χ1) is 8.36. The number of halogens is 3. The molecule has 2 N–H and O–H groups in total. The fraction of sp³-hybridized carbons (Fsp3) is 0.273. The zero-order valence-electron chi connectivity index (χ0n) is 9.34. The molecular formula is C11H9F3N2O2. The van der Waals surface area contributed by atoms with E-state index in [4.69, 9.17) is 11.0 Å². The molecule has 4 nitrogen and oxygen atoms in total. The van der Waals surface area contributed by atoms with E-state index in [0.717, 1.165) is 19.2 Å². The predicted octanol–water partition coefficient (Wildman–Crippen LogP) is 1.82. The number of alkyl halides is 3. The lowest BCUT2D eigenvalue weighted by molar-refractivity contribution is -0.137. The molecule has 0 saturated carbocycles. The highest BCUT2D eigenvalue weighted by Gasteiger charge is 2.36. The highest BCUT2D eigenvalue weighted by molar-refractivity contribution is 5.94. The molecule has 0 saturated heterocycles. The van der Waals surface area contributed by atoms with Gasteiger partial charge in [-0.25, -0.2) is 4.79 Å². The van der Waals surface area contributed by atoms with Gasteiger partial charge in [-0.05, 0) is 11.6 Å². The van der Waals surface area contributed by atoms with Crippen LogP contribution in [0.5, 0.6) is 0 Å². The van der Waals surface area contributed by atoms with Crippen molar-refractivity contribution in [2.45, 2.75) is 12.7 Å². The Morgan fingerprint density at radius 1 is 1.50 bits per heavy atom. The lowest BCUT2D eigenvalue weighted by Crippen LogP contribution is -2.17. The van der Waals surface area contributed by atoms with Crippen LogP contribution in [0.1, 0.15) is 27.0 Å². The lowest BCUT2D eigenvalue weighted by Gasteiger charge is -2.14. The van der Waals surface area contributed by atoms with E-state index in [1.807, 2.05) is 0 Å². The Kier molecular flexibility index (Phi) is 3.93. The summed E-state index contributed by atoms with van der Waals surface area (Å²) in [6.45, 7) is -0.169. The van der Waals surface area contributed by atoms with Crippen LogP contribution in [0.2, 0.25) is 0 Å². The van der Waals surface area contributed by atoms with Crippen molar-refractivity contribution in [1.82, 2.24) is 0 Å². The summed E-state index contributed by atoms with van der Waals surface area (Å²) in [5, 5.41) is 8.83. The van der Waals surface area contributed by atoms with Gasteiger partial charge in [0.2, 0.25) is 0 Å². The van der Waals surface area contributed by atoms with E-state index in [1.165, 1.54) is 6.07 Å². The molecule has 0 fully saturated rings. The van der Waals surface area contributed by atoms with E-state index >= 15 is 0 Å². The van der Waals surface area contributed by atoms with E-state index in [2.05, 4.69) is 4.74 Å². The van der Waals surface area contributed by atoms with E-state index in [9.17, 15) is 18.0 Å². The number of hydrogen-bond acceptors (Lipinski definition) is 4. The Hall–Kier alpha value is -2.07. The second-order valence-electron chi connectivity index (χ2n) is 3.33. The van der Waals surface area contributed by atoms with Crippen LogP contribution in [0, 0.1) is 11.3 Å². The number of carbonyl (C=O) groups excluding carboxylic acids is 1. The number of benzene rings is 1. The second-order valence-corrected chi connectivity index (χ2v) is 3.33. The van der Waals surface area contributed by atoms with Crippen LogP contribution < -0.4 is 5.73 Å². The van der Waals surface area contributed by atoms with Crippen LogP contribution >= 0.6 is 0 Å². The third kappa shape index (κ3) is 2.43. The summed E-state index contributed by atoms with van der Waals surface area (Å²) < 4.78 is 42.4. The SMILES string of the molecule is COC(=O)c1c(CN)ccc(C(F)(F)F)c1C#N. The normalized spacial score (nSPS) is 10.9. The molecule has 1 aromatic rings. The van der Waals surface area contributed by atoms with E-state index < -0.39 is 28.8 Å². The first kappa shape index (κ1) is 14.0. The summed E-state index contributed by atoms with van der Waals surface area (Å²) in [5.74, 6) is -1.02. The Labute approximate surface area is 101 Å². The summed E-state index contributed by atoms with van der Waals surface area (Å²) in [6, 6.07) is 3.18. The van der Waals surface area contributed by atoms with Gasteiger partial charge in [-0.3, -0.25) is 0 Å². The molecule has 0 unspecified atom stereocenters. The van der Waals surface area contributed by atoms with Crippen molar-refractivity contribution in [3.63, 3.8) is 0 Å². The number of ether oxygens (including phenoxy) is 1. The van der Waals surface area contributed by atoms with Gasteiger partial charge in [0, 0.05) is 6.54 Å². The van der Waals surface area contributed by atoms with Crippen molar-refractivity contribution < 1.29 is 22.7 Å². The van der Waals surface area contributed by atoms with Crippen LogP contribution in [0.3, 0.4) is 0 Å². The number of nitrogens with two attached hydrogens (primary N) is 1. The zero-order valence-corrected chi connectivity index (χ0v) is 9.34. The molecule has 0 aromatic heterocycles. The number of rotatable bonds is 2. The fourth-order valence-electron chi connectivity index (χ4n) is 1.50. The molecule has 1 rings (SSSR count). The quantitative estimate of drug-likeness (QED) is 0.821. The average molecular weight is 258 g/mol. The van der Waals surface area contributed by atoms with Gasteiger partial charge < -0.3 is 10.5 Å². The van der Waals surface area contributed by atoms with E-state index in [-0.39, 0.29) is 12.1 Å². The Balaban J connectivity index is 3.64. The van der Waals surface area contributed by atoms with Crippen molar-refractivity contribution in [1.29, 1.82) is 5.26 Å². The molecule has 96 valence electrons. The van der Waals surface area contributed by atoms with Gasteiger partial charge in [0.15, 0.2) is 0 Å². The van der Waals surface area contributed by atoms with Crippen LogP contribution in [0.25, 0.3) is 0 Å². The number of carbonyl (C=O) groups is 1. The molecule has 0 radical (unpaired) electrons. The minimum absolute atomic E-state index is 0.131. The minimum atomic E-state index is -4.72. The van der Waals surface area contributed by atoms with Gasteiger partial charge in [0.1, 0.15) is 6.07 Å². The molecule has 0 aliphatic carbocycles. The molecule has 0 aliphatic heterocycles. The summed E-state index contributed by atoms with van der Waals surface area (Å²) >= 11 is 0. The maximum atomic E-state index is 12.7. The molecule has 1 aromatic carbocycles. The van der Waals surface area contributed by atoms with Crippen molar-refractivity contribution in [2.75, 3.05) is 7.11 Å². The van der Waals surface area contributed by atoms with Crippen molar-refractivity contribution >= 4 is 5.97 Å². The van der Waals surface area contributed by atoms with Crippen LogP contribution in [-0.4, -0.2) is 13.1 Å². The van der Waals surface area contributed by atoms with Gasteiger partial charge >= 0.3 is 12.1 Å². The number of nitrogens with zero attached hydrogens (tertiary/aromatic N) is 1. The van der Waals surface area contributed by atoms with Crippen LogP contribution in [-0.2, 0) is 17.5 Å². The molecule has 0 spiro atoms. The molecule has 7 heteroatoms. The molecule has 0 amide bonds. The summed E-state index contributed by atoms with van der Waals surface area (Å²) in [6.07, 6.45) is -4.72. The molecule has 0 aliphatic rings. The highest BCUT2D eigenvalue weighted by Crippen LogP contribution is 2.34. The van der Waals surface area contributed by atoms with Gasteiger partial charge in [-0.15, -0.1) is 0 Å². The number of nitriles is 1. The Morgan fingerprint density at radius 2 is 2.11 bits per heavy atom. The molecule has 0 bridgehead atoms. The lowest BCUT2D eigenvalue weighted by atomic mass is 9.96. The zero-order chi connectivity index (χ0) is 13.9. The second kappa shape index (κ2) is 5.06. The van der Waals surface area contributed by atoms with Gasteiger partial charge in [-0.1, -0.05) is 6.07 Å². The molecular weight excluding hydrogens is 249 g/mol. The standard InChI is InChI=1S/C11H9F3N2O2/c1-18-10(17)9-6(4-15)2-3-8(7(9)5-16)11(12,13)14/h2-3H,4,15H2,1H3. The van der Waals surface area contributed by atoms with Gasteiger partial charge in [-0.2, -0.15) is 18.4 Å². The van der Waals surface area contributed by atoms with Gasteiger partial charge in [0.05, 0.1) is 23.8 Å². The largest absolute Gasteiger partial charge is 0.465 e. The highest BCUT2D eigenvalue weighted by atomic mass is 19.4. The maximum Gasteiger partial charge on any atom is 0.417 e. The third-order valence-corrected chi connectivity index (χ3v) is 2.32. The van der Waals surface area contributed by atoms with Crippen molar-refractivity contribution in [3.05, 3.63) is 34.4 Å². The van der Waals surface area contributed by atoms with E-state index in [0.29, 0.717) is 0 Å².